The first-order valence-corrected chi connectivity index (χ1v) is 31.6. The smallest absolute Gasteiger partial charge is 0.123 e. The minimum Gasteiger partial charge on any atom is -0.347 e. The summed E-state index contributed by atoms with van der Waals surface area (Å²) in [6, 6.07) is 50.7. The lowest BCUT2D eigenvalue weighted by Crippen LogP contribution is -2.17. The normalized spacial score (nSPS) is 12.7. The van der Waals surface area contributed by atoms with Crippen molar-refractivity contribution in [2.24, 2.45) is 0 Å². The molecule has 0 saturated carbocycles. The van der Waals surface area contributed by atoms with Gasteiger partial charge in [-0.05, 0) is 225 Å². The molecule has 2 aliphatic carbocycles. The first kappa shape index (κ1) is 65.9. The molecular weight excluding hydrogens is 1210 g/mol. The molecule has 0 unspecified atom stereocenters. The lowest BCUT2D eigenvalue weighted by molar-refractivity contribution is 0.387. The molecule has 89 heavy (non-hydrogen) atoms. The van der Waals surface area contributed by atoms with Crippen LogP contribution in [0.25, 0.3) is 69.4 Å². The van der Waals surface area contributed by atoms with E-state index in [0.29, 0.717) is 10.0 Å². The van der Waals surface area contributed by atoms with Crippen LogP contribution in [0, 0.1) is 32.4 Å². The molecule has 0 fully saturated rings. The molecule has 11 heteroatoms. The largest absolute Gasteiger partial charge is 0.347 e. The van der Waals surface area contributed by atoms with E-state index in [1.165, 1.54) is 56.2 Å². The van der Waals surface area contributed by atoms with Crippen LogP contribution in [0.1, 0.15) is 78.7 Å². The number of aromatic nitrogens is 2. The topological polar surface area (TPSA) is 16.3 Å². The zero-order valence-electron chi connectivity index (χ0n) is 51.3. The minimum absolute atomic E-state index is 0.171. The van der Waals surface area contributed by atoms with Crippen LogP contribution in [0.5, 0.6) is 0 Å². The van der Waals surface area contributed by atoms with E-state index in [-0.39, 0.29) is 11.6 Å². The summed E-state index contributed by atoms with van der Waals surface area (Å²) in [5.74, 6) is -0.358. The molecule has 2 aliphatic rings. The fourth-order valence-corrected chi connectivity index (χ4v) is 11.4. The molecule has 12 rings (SSSR count). The van der Waals surface area contributed by atoms with Gasteiger partial charge in [0.2, 0.25) is 0 Å². The van der Waals surface area contributed by atoms with Crippen molar-refractivity contribution in [3.05, 3.63) is 303 Å². The van der Waals surface area contributed by atoms with Gasteiger partial charge in [0.05, 0.1) is 10.0 Å². The van der Waals surface area contributed by atoms with Crippen LogP contribution in [-0.2, 0) is 25.9 Å². The molecule has 4 nitrogen and oxygen atoms in total. The highest BCUT2D eigenvalue weighted by molar-refractivity contribution is 6.42. The van der Waals surface area contributed by atoms with Gasteiger partial charge in [-0.1, -0.05) is 210 Å². The lowest BCUT2D eigenvalue weighted by Gasteiger charge is -2.10. The number of fused-ring (bicyclic) bond motifs is 4. The van der Waals surface area contributed by atoms with E-state index in [1.54, 1.807) is 12.1 Å². The third-order valence-corrected chi connectivity index (χ3v) is 17.6. The second-order valence-corrected chi connectivity index (χ2v) is 24.9. The van der Waals surface area contributed by atoms with Crippen molar-refractivity contribution >= 4 is 127 Å². The van der Waals surface area contributed by atoms with Gasteiger partial charge < -0.3 is 18.9 Å². The van der Waals surface area contributed by atoms with Crippen LogP contribution in [0.4, 0.5) is 8.78 Å². The van der Waals surface area contributed by atoms with Crippen LogP contribution in [0.15, 0.2) is 194 Å². The van der Waals surface area contributed by atoms with E-state index in [2.05, 4.69) is 175 Å². The summed E-state index contributed by atoms with van der Waals surface area (Å²) in [6.07, 6.45) is 28.3. The van der Waals surface area contributed by atoms with Crippen molar-refractivity contribution in [1.82, 2.24) is 18.9 Å². The number of hydrogen-bond acceptors (Lipinski definition) is 2. The van der Waals surface area contributed by atoms with Crippen LogP contribution in [0.3, 0.4) is 0 Å². The molecule has 0 N–H and O–H groups in total. The molecular formula is C78H73Cl5F2N4. The van der Waals surface area contributed by atoms with E-state index in [1.807, 2.05) is 99.7 Å². The summed E-state index contributed by atoms with van der Waals surface area (Å²) in [5.41, 5.74) is 19.2. The van der Waals surface area contributed by atoms with Gasteiger partial charge in [0, 0.05) is 68.9 Å². The Balaban J connectivity index is 0.000000142. The molecule has 454 valence electrons. The number of nitrogens with zero attached hydrogens (tertiary/aromatic N) is 4. The second-order valence-electron chi connectivity index (χ2n) is 22.9. The highest BCUT2D eigenvalue weighted by atomic mass is 35.5. The zero-order valence-corrected chi connectivity index (χ0v) is 55.1. The Bertz CT molecular complexity index is 4330. The van der Waals surface area contributed by atoms with Crippen LogP contribution in [-0.4, -0.2) is 60.2 Å². The zero-order chi connectivity index (χ0) is 63.1. The first-order valence-electron chi connectivity index (χ1n) is 29.7. The summed E-state index contributed by atoms with van der Waals surface area (Å²) >= 11 is 30.2. The molecule has 0 bridgehead atoms. The Hall–Kier alpha value is -7.49. The molecule has 0 spiro atoms. The Morgan fingerprint density at radius 3 is 1.35 bits per heavy atom. The average molecular weight is 1280 g/mol. The summed E-state index contributed by atoms with van der Waals surface area (Å²) in [5, 5.41) is 6.08. The minimum atomic E-state index is -0.188. The number of halogens is 7. The van der Waals surface area contributed by atoms with E-state index in [4.69, 9.17) is 58.0 Å². The standard InChI is InChI=1S/C21H22Cl2N2.C21H23ClN2.2C18H14ClF/c1-24(2)12-5-13-25-15-17(18-6-3-4-7-21(18)25)10-8-16-9-11-19(22)20(23)14-16;1-16-14-17(9-11-20(16)22)8-10-18-15-24(13-12-23(2)3)21-7-5-4-6-19(18)21;1-12-10-13(3-9-18(12)19)2-4-14-5-6-15-11-16(20)7-8-17(14)15;1-12-10-13(3-9-18(12)19)2-4-14-5-6-15-7-8-16(20)11-17(14)15/h3-4,6-11,14-15H,5,12-13H2,1-2H3;4-11,14-15H,12-13H2,1-3H3;2*2-5,7-11H,6H2,1H3/b2*10-8+;2*4-2+. The molecule has 2 heterocycles. The van der Waals surface area contributed by atoms with Gasteiger partial charge in [0.15, 0.2) is 0 Å². The van der Waals surface area contributed by atoms with E-state index < -0.39 is 0 Å². The Morgan fingerprint density at radius 2 is 0.843 bits per heavy atom. The molecule has 0 radical (unpaired) electrons. The van der Waals surface area contributed by atoms with Gasteiger partial charge in [0.25, 0.3) is 0 Å². The van der Waals surface area contributed by atoms with Crippen molar-refractivity contribution in [1.29, 1.82) is 0 Å². The van der Waals surface area contributed by atoms with Crippen LogP contribution >= 0.6 is 58.0 Å². The quantitative estimate of drug-likeness (QED) is 0.102. The molecule has 0 amide bonds. The van der Waals surface area contributed by atoms with E-state index in [0.717, 1.165) is 122 Å². The van der Waals surface area contributed by atoms with Crippen molar-refractivity contribution in [3.63, 3.8) is 0 Å². The Kier molecular flexibility index (Phi) is 23.2. The fraction of sp³-hybridized carbons (Fsp3) is 0.179. The maximum atomic E-state index is 13.3. The predicted molar refractivity (Wildman–Crippen MR) is 383 cm³/mol. The van der Waals surface area contributed by atoms with Gasteiger partial charge >= 0.3 is 0 Å². The molecule has 2 aromatic heterocycles. The van der Waals surface area contributed by atoms with Crippen molar-refractivity contribution in [2.45, 2.75) is 53.1 Å². The van der Waals surface area contributed by atoms with Crippen molar-refractivity contribution < 1.29 is 8.78 Å². The number of benzene rings is 8. The monoisotopic (exact) mass is 1280 g/mol. The van der Waals surface area contributed by atoms with E-state index in [9.17, 15) is 8.78 Å². The number of hydrogen-bond donors (Lipinski definition) is 0. The lowest BCUT2D eigenvalue weighted by atomic mass is 10.0. The maximum Gasteiger partial charge on any atom is 0.123 e. The summed E-state index contributed by atoms with van der Waals surface area (Å²) in [4.78, 5) is 4.43. The van der Waals surface area contributed by atoms with Gasteiger partial charge in [-0.25, -0.2) is 8.78 Å². The first-order chi connectivity index (χ1) is 42.8. The molecule has 10 aromatic rings. The van der Waals surface area contributed by atoms with Crippen molar-refractivity contribution in [3.8, 4) is 0 Å². The SMILES string of the molecule is CN(C)CCCn1cc(/C=C/c2ccc(Cl)c(Cl)c2)c2ccccc21.Cc1cc(/C=C/C2=CCc3cc(F)ccc32)ccc1Cl.Cc1cc(/C=C/C2=CCc3ccc(F)cc32)ccc1Cl.Cc1cc(/C=C/c2cn(CCN(C)C)c3ccccc23)ccc1Cl. The van der Waals surface area contributed by atoms with Crippen LogP contribution < -0.4 is 0 Å². The number of likely N-dealkylation sites (N-methyl/N-ethyl adjacent to an activating group) is 1. The number of allylic oxidation sites excluding steroid dienone is 6. The number of aryl methyl sites for hydroxylation is 4. The van der Waals surface area contributed by atoms with E-state index >= 15 is 0 Å². The number of rotatable bonds is 15. The Labute approximate surface area is 549 Å². The average Bonchev–Trinajstić information content (AvgIpc) is 4.44. The van der Waals surface area contributed by atoms with Gasteiger partial charge in [-0.15, -0.1) is 0 Å². The Morgan fingerprint density at radius 1 is 0.404 bits per heavy atom. The van der Waals surface area contributed by atoms with Gasteiger partial charge in [0.1, 0.15) is 11.6 Å². The summed E-state index contributed by atoms with van der Waals surface area (Å²) < 4.78 is 31.2. The van der Waals surface area contributed by atoms with Gasteiger partial charge in [-0.3, -0.25) is 0 Å². The molecule has 8 aromatic carbocycles. The molecule has 0 atom stereocenters. The fourth-order valence-electron chi connectivity index (χ4n) is 10.7. The highest BCUT2D eigenvalue weighted by Gasteiger charge is 2.15. The predicted octanol–water partition coefficient (Wildman–Crippen LogP) is 22.3. The third-order valence-electron chi connectivity index (χ3n) is 15.6. The van der Waals surface area contributed by atoms with Crippen LogP contribution in [0.2, 0.25) is 25.1 Å². The summed E-state index contributed by atoms with van der Waals surface area (Å²) in [6.45, 7) is 10.1. The van der Waals surface area contributed by atoms with Gasteiger partial charge in [-0.2, -0.15) is 0 Å². The molecule has 0 aliphatic heterocycles. The highest BCUT2D eigenvalue weighted by Crippen LogP contribution is 2.33. The number of para-hydroxylation sites is 2. The second kappa shape index (κ2) is 31.3. The van der Waals surface area contributed by atoms with Crippen molar-refractivity contribution in [2.75, 3.05) is 41.3 Å². The third kappa shape index (κ3) is 18.1. The summed E-state index contributed by atoms with van der Waals surface area (Å²) in [7, 11) is 8.43. The molecule has 0 saturated heterocycles. The maximum absolute atomic E-state index is 13.3.